The summed E-state index contributed by atoms with van der Waals surface area (Å²) in [5, 5.41) is 0. The van der Waals surface area contributed by atoms with Crippen LogP contribution in [0.4, 0.5) is 0 Å². The zero-order valence-electron chi connectivity index (χ0n) is 5.17. The fraction of sp³-hybridized carbons (Fsp3) is 0.500. The van der Waals surface area contributed by atoms with Crippen LogP contribution in [-0.2, 0) is 6.42 Å². The van der Waals surface area contributed by atoms with Gasteiger partial charge in [-0.3, -0.25) is 4.68 Å². The summed E-state index contributed by atoms with van der Waals surface area (Å²) < 4.78 is 1.99. The predicted molar refractivity (Wildman–Crippen MR) is 34.8 cm³/mol. The molecule has 0 aliphatic carbocycles. The number of nitrogens with zero attached hydrogens (tertiary/aromatic N) is 2. The summed E-state index contributed by atoms with van der Waals surface area (Å²) in [6.07, 6.45) is 6.11. The average Bonchev–Trinajstić information content (AvgIpc) is 2.33. The van der Waals surface area contributed by atoms with Gasteiger partial charge in [-0.25, -0.2) is 4.98 Å². The monoisotopic (exact) mass is 123 g/mol. The topological polar surface area (TPSA) is 29.9 Å². The van der Waals surface area contributed by atoms with Crippen LogP contribution in [0.5, 0.6) is 0 Å². The second kappa shape index (κ2) is 1.76. The Morgan fingerprint density at radius 1 is 1.67 bits per heavy atom. The number of nitrogens with one attached hydrogen (secondary N) is 1. The van der Waals surface area contributed by atoms with Gasteiger partial charge in [0.05, 0.1) is 11.9 Å². The molecular formula is C6H9N3. The Morgan fingerprint density at radius 3 is 3.56 bits per heavy atom. The minimum Gasteiger partial charge on any atom is -0.325 e. The van der Waals surface area contributed by atoms with Gasteiger partial charge < -0.3 is 5.43 Å². The lowest BCUT2D eigenvalue weighted by molar-refractivity contribution is 0.665. The van der Waals surface area contributed by atoms with E-state index in [0.717, 1.165) is 13.0 Å². The molecule has 0 saturated carbocycles. The SMILES string of the molecule is c1ncn2c1CCCN2. The molecule has 0 fully saturated rings. The Balaban J connectivity index is 2.39. The van der Waals surface area contributed by atoms with E-state index in [9.17, 15) is 0 Å². The minimum absolute atomic E-state index is 1.07. The molecule has 1 aliphatic heterocycles. The van der Waals surface area contributed by atoms with Crippen molar-refractivity contribution < 1.29 is 0 Å². The van der Waals surface area contributed by atoms with E-state index in [-0.39, 0.29) is 0 Å². The number of aryl methyl sites for hydroxylation is 1. The molecule has 0 bridgehead atoms. The van der Waals surface area contributed by atoms with Gasteiger partial charge in [-0.1, -0.05) is 0 Å². The maximum Gasteiger partial charge on any atom is 0.114 e. The first kappa shape index (κ1) is 4.85. The van der Waals surface area contributed by atoms with Crippen LogP contribution >= 0.6 is 0 Å². The van der Waals surface area contributed by atoms with Crippen molar-refractivity contribution in [1.29, 1.82) is 0 Å². The fourth-order valence-electron chi connectivity index (χ4n) is 1.12. The van der Waals surface area contributed by atoms with E-state index in [1.54, 1.807) is 0 Å². The molecule has 9 heavy (non-hydrogen) atoms. The van der Waals surface area contributed by atoms with E-state index in [1.807, 2.05) is 17.2 Å². The zero-order valence-corrected chi connectivity index (χ0v) is 5.17. The molecule has 0 radical (unpaired) electrons. The Kier molecular flexibility index (Phi) is 0.946. The molecule has 0 aromatic carbocycles. The van der Waals surface area contributed by atoms with Crippen molar-refractivity contribution in [3.05, 3.63) is 18.2 Å². The highest BCUT2D eigenvalue weighted by Crippen LogP contribution is 2.04. The summed E-state index contributed by atoms with van der Waals surface area (Å²) >= 11 is 0. The predicted octanol–water partition coefficient (Wildman–Crippen LogP) is 0.373. The third kappa shape index (κ3) is 0.686. The maximum atomic E-state index is 4.00. The van der Waals surface area contributed by atoms with Crippen molar-refractivity contribution in [3.8, 4) is 0 Å². The van der Waals surface area contributed by atoms with Gasteiger partial charge in [-0.2, -0.15) is 0 Å². The van der Waals surface area contributed by atoms with Crippen molar-refractivity contribution in [1.82, 2.24) is 9.66 Å². The van der Waals surface area contributed by atoms with Crippen LogP contribution < -0.4 is 5.43 Å². The van der Waals surface area contributed by atoms with Crippen molar-refractivity contribution in [2.24, 2.45) is 0 Å². The Bertz CT molecular complexity index is 183. The smallest absolute Gasteiger partial charge is 0.114 e. The van der Waals surface area contributed by atoms with E-state index < -0.39 is 0 Å². The van der Waals surface area contributed by atoms with Gasteiger partial charge in [0.25, 0.3) is 0 Å². The minimum atomic E-state index is 1.07. The molecule has 1 aromatic heterocycles. The highest BCUT2D eigenvalue weighted by atomic mass is 15.4. The van der Waals surface area contributed by atoms with E-state index in [1.165, 1.54) is 12.1 Å². The van der Waals surface area contributed by atoms with Crippen molar-refractivity contribution in [3.63, 3.8) is 0 Å². The lowest BCUT2D eigenvalue weighted by Gasteiger charge is -2.15. The van der Waals surface area contributed by atoms with Crippen LogP contribution in [0.15, 0.2) is 12.5 Å². The summed E-state index contributed by atoms with van der Waals surface area (Å²) in [5.74, 6) is 0. The normalized spacial score (nSPS) is 16.4. The molecule has 0 amide bonds. The number of imidazole rings is 1. The van der Waals surface area contributed by atoms with Crippen LogP contribution in [0.25, 0.3) is 0 Å². The molecule has 0 atom stereocenters. The van der Waals surface area contributed by atoms with Gasteiger partial charge in [0.1, 0.15) is 6.33 Å². The molecule has 0 unspecified atom stereocenters. The molecule has 3 heteroatoms. The third-order valence-corrected chi connectivity index (χ3v) is 1.61. The number of hydrogen-bond donors (Lipinski definition) is 1. The maximum absolute atomic E-state index is 4.00. The van der Waals surface area contributed by atoms with Gasteiger partial charge >= 0.3 is 0 Å². The third-order valence-electron chi connectivity index (χ3n) is 1.61. The average molecular weight is 123 g/mol. The van der Waals surface area contributed by atoms with Gasteiger partial charge in [-0.05, 0) is 12.8 Å². The highest BCUT2D eigenvalue weighted by molar-refractivity contribution is 5.03. The molecule has 2 heterocycles. The second-order valence-electron chi connectivity index (χ2n) is 2.27. The summed E-state index contributed by atoms with van der Waals surface area (Å²) in [6.45, 7) is 1.07. The van der Waals surface area contributed by atoms with Crippen molar-refractivity contribution >= 4 is 0 Å². The molecule has 2 rings (SSSR count). The number of aromatic nitrogens is 2. The van der Waals surface area contributed by atoms with Crippen molar-refractivity contribution in [2.45, 2.75) is 12.8 Å². The van der Waals surface area contributed by atoms with Crippen LogP contribution in [0.2, 0.25) is 0 Å². The van der Waals surface area contributed by atoms with Gasteiger partial charge in [0, 0.05) is 6.54 Å². The van der Waals surface area contributed by atoms with E-state index in [4.69, 9.17) is 0 Å². The Hall–Kier alpha value is -0.990. The first-order valence-electron chi connectivity index (χ1n) is 3.22. The first-order valence-corrected chi connectivity index (χ1v) is 3.22. The molecule has 1 N–H and O–H groups in total. The van der Waals surface area contributed by atoms with E-state index in [2.05, 4.69) is 10.4 Å². The fourth-order valence-corrected chi connectivity index (χ4v) is 1.12. The highest BCUT2D eigenvalue weighted by Gasteiger charge is 2.05. The number of rotatable bonds is 0. The van der Waals surface area contributed by atoms with Gasteiger partial charge in [0.15, 0.2) is 0 Å². The van der Waals surface area contributed by atoms with Gasteiger partial charge in [-0.15, -0.1) is 0 Å². The second-order valence-corrected chi connectivity index (χ2v) is 2.27. The zero-order chi connectivity index (χ0) is 6.10. The van der Waals surface area contributed by atoms with Crippen LogP contribution in [0.3, 0.4) is 0 Å². The molecular weight excluding hydrogens is 114 g/mol. The van der Waals surface area contributed by atoms with E-state index >= 15 is 0 Å². The van der Waals surface area contributed by atoms with Crippen LogP contribution in [-0.4, -0.2) is 16.2 Å². The summed E-state index contributed by atoms with van der Waals surface area (Å²) in [4.78, 5) is 4.00. The lowest BCUT2D eigenvalue weighted by Crippen LogP contribution is -2.22. The standard InChI is InChI=1S/C6H9N3/c1-2-6-4-7-5-9(6)8-3-1/h4-5,8H,1-3H2. The largest absolute Gasteiger partial charge is 0.325 e. The van der Waals surface area contributed by atoms with Crippen LogP contribution in [0.1, 0.15) is 12.1 Å². The van der Waals surface area contributed by atoms with Gasteiger partial charge in [0.2, 0.25) is 0 Å². The summed E-state index contributed by atoms with van der Waals surface area (Å²) in [5.41, 5.74) is 4.49. The molecule has 48 valence electrons. The van der Waals surface area contributed by atoms with Crippen molar-refractivity contribution in [2.75, 3.05) is 12.0 Å². The number of fused-ring (bicyclic) bond motifs is 1. The van der Waals surface area contributed by atoms with Crippen LogP contribution in [0, 0.1) is 0 Å². The first-order chi connectivity index (χ1) is 4.47. The quantitative estimate of drug-likeness (QED) is 0.540. The number of hydrogen-bond acceptors (Lipinski definition) is 2. The molecule has 0 saturated heterocycles. The molecule has 1 aliphatic rings. The molecule has 3 nitrogen and oxygen atoms in total. The Labute approximate surface area is 53.7 Å². The summed E-state index contributed by atoms with van der Waals surface area (Å²) in [7, 11) is 0. The summed E-state index contributed by atoms with van der Waals surface area (Å²) in [6, 6.07) is 0. The van der Waals surface area contributed by atoms with E-state index in [0.29, 0.717) is 0 Å². The molecule has 1 aromatic rings. The molecule has 0 spiro atoms. The lowest BCUT2D eigenvalue weighted by atomic mass is 10.2. The Morgan fingerprint density at radius 2 is 2.67 bits per heavy atom.